The number of hydrogen-bond donors (Lipinski definition) is 3. The summed E-state index contributed by atoms with van der Waals surface area (Å²) < 4.78 is 5.55. The maximum atomic E-state index is 12.3. The van der Waals surface area contributed by atoms with Crippen molar-refractivity contribution >= 4 is 28.9 Å². The Balaban J connectivity index is 1.89. The van der Waals surface area contributed by atoms with E-state index in [0.29, 0.717) is 17.3 Å². The fourth-order valence-corrected chi connectivity index (χ4v) is 2.70. The summed E-state index contributed by atoms with van der Waals surface area (Å²) in [5.74, 6) is -0.254. The van der Waals surface area contributed by atoms with Crippen molar-refractivity contribution in [3.05, 3.63) is 64.7 Å². The molecule has 2 rings (SSSR count). The Morgan fingerprint density at radius 2 is 1.81 bits per heavy atom. The molecule has 2 aromatic rings. The monoisotopic (exact) mass is 385 g/mol. The van der Waals surface area contributed by atoms with E-state index in [0.717, 1.165) is 23.2 Å². The van der Waals surface area contributed by atoms with Crippen molar-refractivity contribution in [1.82, 2.24) is 10.9 Å². The molecule has 0 atom stereocenters. The van der Waals surface area contributed by atoms with Gasteiger partial charge in [0.2, 0.25) is 0 Å². The van der Waals surface area contributed by atoms with Crippen LogP contribution in [0.2, 0.25) is 0 Å². The summed E-state index contributed by atoms with van der Waals surface area (Å²) in [6.07, 6.45) is 1.07. The Kier molecular flexibility index (Phi) is 7.76. The third kappa shape index (κ3) is 6.34. The summed E-state index contributed by atoms with van der Waals surface area (Å²) in [7, 11) is 0. The first-order valence-electron chi connectivity index (χ1n) is 9.07. The topological polar surface area (TPSA) is 62.4 Å². The number of hydrazine groups is 1. The van der Waals surface area contributed by atoms with E-state index in [1.807, 2.05) is 45.0 Å². The summed E-state index contributed by atoms with van der Waals surface area (Å²) in [4.78, 5) is 12.3. The van der Waals surface area contributed by atoms with Gasteiger partial charge < -0.3 is 10.1 Å². The summed E-state index contributed by atoms with van der Waals surface area (Å²) >= 11 is 5.30. The van der Waals surface area contributed by atoms with Crippen molar-refractivity contribution < 1.29 is 9.53 Å². The van der Waals surface area contributed by atoms with Gasteiger partial charge in [0.1, 0.15) is 0 Å². The number of ether oxygens (including phenoxy) is 1. The summed E-state index contributed by atoms with van der Waals surface area (Å²) in [6.45, 7) is 8.62. The van der Waals surface area contributed by atoms with E-state index < -0.39 is 0 Å². The van der Waals surface area contributed by atoms with Gasteiger partial charge in [-0.15, -0.1) is 0 Å². The van der Waals surface area contributed by atoms with Crippen LogP contribution in [0.5, 0.6) is 0 Å². The summed E-state index contributed by atoms with van der Waals surface area (Å²) in [5, 5.41) is 3.50. The predicted molar refractivity (Wildman–Crippen MR) is 114 cm³/mol. The summed E-state index contributed by atoms with van der Waals surface area (Å²) in [6, 6.07) is 13.4. The van der Waals surface area contributed by atoms with Gasteiger partial charge >= 0.3 is 0 Å². The number of rotatable bonds is 6. The number of carbonyl (C=O) groups excluding carboxylic acids is 1. The van der Waals surface area contributed by atoms with Crippen molar-refractivity contribution in [1.29, 1.82) is 0 Å². The second kappa shape index (κ2) is 10.0. The van der Waals surface area contributed by atoms with E-state index in [1.54, 1.807) is 12.1 Å². The van der Waals surface area contributed by atoms with E-state index >= 15 is 0 Å². The largest absolute Gasteiger partial charge is 0.374 e. The first-order chi connectivity index (χ1) is 12.9. The number of anilines is 1. The van der Waals surface area contributed by atoms with Gasteiger partial charge in [-0.1, -0.05) is 37.3 Å². The molecule has 0 aliphatic rings. The number of thiocarbonyl (C=S) groups is 1. The van der Waals surface area contributed by atoms with E-state index in [9.17, 15) is 4.79 Å². The summed E-state index contributed by atoms with van der Waals surface area (Å²) in [5.41, 5.74) is 10.2. The predicted octanol–water partition coefficient (Wildman–Crippen LogP) is 4.11. The Morgan fingerprint density at radius 1 is 1.11 bits per heavy atom. The molecule has 2 aromatic carbocycles. The fraction of sp³-hybridized carbons (Fsp3) is 0.333. The van der Waals surface area contributed by atoms with Crippen molar-refractivity contribution in [3.63, 3.8) is 0 Å². The maximum Gasteiger partial charge on any atom is 0.269 e. The normalized spacial score (nSPS) is 10.6. The van der Waals surface area contributed by atoms with Crippen molar-refractivity contribution in [3.8, 4) is 0 Å². The molecule has 3 N–H and O–H groups in total. The van der Waals surface area contributed by atoms with E-state index in [2.05, 4.69) is 29.2 Å². The molecule has 27 heavy (non-hydrogen) atoms. The average molecular weight is 386 g/mol. The highest BCUT2D eigenvalue weighted by Crippen LogP contribution is 2.20. The molecular formula is C21H27N3O2S. The zero-order chi connectivity index (χ0) is 19.8. The average Bonchev–Trinajstić information content (AvgIpc) is 2.66. The maximum absolute atomic E-state index is 12.3. The molecule has 5 nitrogen and oxygen atoms in total. The number of benzene rings is 2. The molecule has 0 spiro atoms. The third-order valence-electron chi connectivity index (χ3n) is 4.07. The standard InChI is InChI=1S/C21H27N3O2S/c1-5-17-8-6-7-15(4)19(17)22-21(27)24-23-20(25)18-11-9-16(10-12-18)13-26-14(2)3/h6-12,14H,5,13H2,1-4H3,(H,23,25)(H2,22,24,27). The SMILES string of the molecule is CCc1cccc(C)c1NC(=S)NNC(=O)c1ccc(COC(C)C)cc1. The van der Waals surface area contributed by atoms with Crippen LogP contribution >= 0.6 is 12.2 Å². The molecule has 0 unspecified atom stereocenters. The molecule has 0 saturated heterocycles. The lowest BCUT2D eigenvalue weighted by Crippen LogP contribution is -2.44. The quantitative estimate of drug-likeness (QED) is 0.516. The fourth-order valence-electron chi connectivity index (χ4n) is 2.55. The lowest BCUT2D eigenvalue weighted by molar-refractivity contribution is 0.0656. The Bertz CT molecular complexity index is 789. The molecule has 0 heterocycles. The lowest BCUT2D eigenvalue weighted by Gasteiger charge is -2.16. The van der Waals surface area contributed by atoms with Crippen LogP contribution in [0.1, 0.15) is 47.8 Å². The minimum Gasteiger partial charge on any atom is -0.374 e. The van der Waals surface area contributed by atoms with Gasteiger partial charge in [0.25, 0.3) is 5.91 Å². The number of carbonyl (C=O) groups is 1. The third-order valence-corrected chi connectivity index (χ3v) is 4.27. The molecular weight excluding hydrogens is 358 g/mol. The minimum absolute atomic E-state index is 0.173. The van der Waals surface area contributed by atoms with Gasteiger partial charge in [-0.2, -0.15) is 0 Å². The van der Waals surface area contributed by atoms with Crippen LogP contribution in [0.3, 0.4) is 0 Å². The zero-order valence-electron chi connectivity index (χ0n) is 16.3. The number of nitrogens with one attached hydrogen (secondary N) is 3. The highest BCUT2D eigenvalue weighted by atomic mass is 32.1. The van der Waals surface area contributed by atoms with Crippen molar-refractivity contribution in [2.75, 3.05) is 5.32 Å². The van der Waals surface area contributed by atoms with Gasteiger partial charge in [0.05, 0.1) is 12.7 Å². The molecule has 0 aliphatic heterocycles. The van der Waals surface area contributed by atoms with Crippen molar-refractivity contribution in [2.24, 2.45) is 0 Å². The van der Waals surface area contributed by atoms with E-state index in [-0.39, 0.29) is 12.0 Å². The first-order valence-corrected chi connectivity index (χ1v) is 9.48. The number of amides is 1. The number of para-hydroxylation sites is 1. The molecule has 0 bridgehead atoms. The number of aryl methyl sites for hydroxylation is 2. The van der Waals surface area contributed by atoms with Gasteiger partial charge in [-0.05, 0) is 68.2 Å². The second-order valence-electron chi connectivity index (χ2n) is 6.55. The smallest absolute Gasteiger partial charge is 0.269 e. The Labute approximate surface area is 166 Å². The van der Waals surface area contributed by atoms with E-state index in [1.165, 1.54) is 5.56 Å². The Morgan fingerprint density at radius 3 is 2.44 bits per heavy atom. The van der Waals surface area contributed by atoms with Crippen LogP contribution in [0.4, 0.5) is 5.69 Å². The molecule has 0 radical (unpaired) electrons. The van der Waals surface area contributed by atoms with Crippen LogP contribution < -0.4 is 16.2 Å². The van der Waals surface area contributed by atoms with Crippen LogP contribution in [0, 0.1) is 6.92 Å². The molecule has 0 aromatic heterocycles. The lowest BCUT2D eigenvalue weighted by atomic mass is 10.1. The van der Waals surface area contributed by atoms with Gasteiger partial charge in [0.15, 0.2) is 5.11 Å². The molecule has 0 aliphatic carbocycles. The first kappa shape index (κ1) is 20.9. The van der Waals surface area contributed by atoms with Crippen molar-refractivity contribution in [2.45, 2.75) is 46.8 Å². The molecule has 0 fully saturated rings. The second-order valence-corrected chi connectivity index (χ2v) is 6.96. The van der Waals surface area contributed by atoms with Gasteiger partial charge in [-0.25, -0.2) is 0 Å². The molecule has 144 valence electrons. The van der Waals surface area contributed by atoms with E-state index in [4.69, 9.17) is 17.0 Å². The zero-order valence-corrected chi connectivity index (χ0v) is 17.1. The Hall–Kier alpha value is -2.44. The van der Waals surface area contributed by atoms with Crippen LogP contribution in [-0.2, 0) is 17.8 Å². The highest BCUT2D eigenvalue weighted by molar-refractivity contribution is 7.80. The van der Waals surface area contributed by atoms with Gasteiger partial charge in [-0.3, -0.25) is 15.6 Å². The highest BCUT2D eigenvalue weighted by Gasteiger charge is 2.09. The number of hydrogen-bond acceptors (Lipinski definition) is 3. The van der Waals surface area contributed by atoms with Crippen LogP contribution in [-0.4, -0.2) is 17.1 Å². The van der Waals surface area contributed by atoms with Gasteiger partial charge in [0, 0.05) is 11.3 Å². The van der Waals surface area contributed by atoms with Crippen LogP contribution in [0.25, 0.3) is 0 Å². The molecule has 1 amide bonds. The molecule has 0 saturated carbocycles. The molecule has 6 heteroatoms. The minimum atomic E-state index is -0.254. The van der Waals surface area contributed by atoms with Crippen LogP contribution in [0.15, 0.2) is 42.5 Å².